The van der Waals surface area contributed by atoms with Crippen LogP contribution in [0.4, 0.5) is 0 Å². The van der Waals surface area contributed by atoms with Gasteiger partial charge in [0.25, 0.3) is 5.91 Å². The number of fused-ring (bicyclic) bond motifs is 1. The Hall–Kier alpha value is -2.01. The van der Waals surface area contributed by atoms with Crippen LogP contribution in [0.5, 0.6) is 6.08 Å². The first-order valence-electron chi connectivity index (χ1n) is 8.98. The molecule has 5 nitrogen and oxygen atoms in total. The predicted molar refractivity (Wildman–Crippen MR) is 102 cm³/mol. The van der Waals surface area contributed by atoms with Crippen molar-refractivity contribution in [3.05, 3.63) is 35.0 Å². The van der Waals surface area contributed by atoms with Crippen LogP contribution in [0.25, 0.3) is 11.1 Å². The van der Waals surface area contributed by atoms with Crippen molar-refractivity contribution in [1.82, 2.24) is 9.88 Å². The van der Waals surface area contributed by atoms with Crippen LogP contribution in [-0.2, 0) is 4.79 Å². The van der Waals surface area contributed by atoms with Gasteiger partial charge in [-0.25, -0.2) is 0 Å². The minimum Gasteiger partial charge on any atom is -0.440 e. The highest BCUT2D eigenvalue weighted by Crippen LogP contribution is 2.37. The largest absolute Gasteiger partial charge is 0.440 e. The van der Waals surface area contributed by atoms with E-state index in [4.69, 9.17) is 20.8 Å². The van der Waals surface area contributed by atoms with Gasteiger partial charge in [0, 0.05) is 23.3 Å². The average molecular weight is 377 g/mol. The highest BCUT2D eigenvalue weighted by Gasteiger charge is 2.29. The number of oxazole rings is 1. The SMILES string of the molecule is CCN(C(=O)COc1nc2ccc(Cl)cc2o1)C1=CC(C)(C)CC(C)C1. The molecule has 1 aliphatic carbocycles. The van der Waals surface area contributed by atoms with Crippen molar-refractivity contribution in [2.75, 3.05) is 13.2 Å². The third-order valence-corrected chi connectivity index (χ3v) is 4.84. The van der Waals surface area contributed by atoms with Crippen molar-refractivity contribution in [2.45, 2.75) is 40.5 Å². The lowest BCUT2D eigenvalue weighted by Gasteiger charge is -2.36. The van der Waals surface area contributed by atoms with Crippen molar-refractivity contribution < 1.29 is 13.9 Å². The first kappa shape index (κ1) is 18.8. The van der Waals surface area contributed by atoms with Crippen LogP contribution in [0.15, 0.2) is 34.4 Å². The lowest BCUT2D eigenvalue weighted by Crippen LogP contribution is -2.37. The van der Waals surface area contributed by atoms with Gasteiger partial charge in [0.2, 0.25) is 0 Å². The van der Waals surface area contributed by atoms with Crippen molar-refractivity contribution >= 4 is 28.6 Å². The Morgan fingerprint density at radius 1 is 1.46 bits per heavy atom. The number of benzene rings is 1. The third-order valence-electron chi connectivity index (χ3n) is 4.60. The maximum atomic E-state index is 12.7. The molecule has 2 aromatic rings. The molecule has 0 N–H and O–H groups in total. The molecule has 6 heteroatoms. The van der Waals surface area contributed by atoms with Crippen molar-refractivity contribution in [3.63, 3.8) is 0 Å². The quantitative estimate of drug-likeness (QED) is 0.732. The second kappa shape index (κ2) is 7.31. The van der Waals surface area contributed by atoms with Crippen molar-refractivity contribution in [3.8, 4) is 6.08 Å². The summed E-state index contributed by atoms with van der Waals surface area (Å²) >= 11 is 5.94. The Morgan fingerprint density at radius 3 is 2.92 bits per heavy atom. The molecule has 1 unspecified atom stereocenters. The Balaban J connectivity index is 1.70. The molecule has 0 spiro atoms. The second-order valence-electron chi connectivity index (χ2n) is 7.66. The smallest absolute Gasteiger partial charge is 0.395 e. The number of ether oxygens (including phenoxy) is 1. The van der Waals surface area contributed by atoms with Crippen LogP contribution in [-0.4, -0.2) is 28.9 Å². The number of amides is 1. The normalized spacial score (nSPS) is 19.3. The van der Waals surface area contributed by atoms with Crippen LogP contribution >= 0.6 is 11.6 Å². The van der Waals surface area contributed by atoms with Gasteiger partial charge in [0.1, 0.15) is 5.52 Å². The summed E-state index contributed by atoms with van der Waals surface area (Å²) in [5.74, 6) is 0.457. The first-order valence-corrected chi connectivity index (χ1v) is 9.36. The molecule has 0 fully saturated rings. The minimum atomic E-state index is -0.111. The van der Waals surface area contributed by atoms with E-state index in [1.807, 2.05) is 6.92 Å². The van der Waals surface area contributed by atoms with E-state index in [2.05, 4.69) is 31.8 Å². The highest BCUT2D eigenvalue weighted by atomic mass is 35.5. The van der Waals surface area contributed by atoms with Crippen LogP contribution in [0.1, 0.15) is 40.5 Å². The second-order valence-corrected chi connectivity index (χ2v) is 8.09. The Morgan fingerprint density at radius 2 is 2.23 bits per heavy atom. The van der Waals surface area contributed by atoms with Crippen LogP contribution in [0, 0.1) is 11.3 Å². The van der Waals surface area contributed by atoms with Crippen LogP contribution in [0.3, 0.4) is 0 Å². The maximum absolute atomic E-state index is 12.7. The fourth-order valence-electron chi connectivity index (χ4n) is 3.76. The fourth-order valence-corrected chi connectivity index (χ4v) is 3.93. The van der Waals surface area contributed by atoms with E-state index < -0.39 is 0 Å². The van der Waals surface area contributed by atoms with E-state index >= 15 is 0 Å². The number of carbonyl (C=O) groups is 1. The summed E-state index contributed by atoms with van der Waals surface area (Å²) in [6.45, 7) is 9.13. The van der Waals surface area contributed by atoms with Crippen molar-refractivity contribution in [1.29, 1.82) is 0 Å². The summed E-state index contributed by atoms with van der Waals surface area (Å²) in [4.78, 5) is 18.7. The monoisotopic (exact) mass is 376 g/mol. The lowest BCUT2D eigenvalue weighted by atomic mass is 9.76. The molecule has 1 amide bonds. The molecule has 3 rings (SSSR count). The summed E-state index contributed by atoms with van der Waals surface area (Å²) in [5.41, 5.74) is 2.36. The molecular weight excluding hydrogens is 352 g/mol. The average Bonchev–Trinajstić information content (AvgIpc) is 2.93. The Kier molecular flexibility index (Phi) is 5.28. The zero-order valence-electron chi connectivity index (χ0n) is 15.7. The van der Waals surface area contributed by atoms with Gasteiger partial charge in [-0.3, -0.25) is 4.79 Å². The number of carbonyl (C=O) groups excluding carboxylic acids is 1. The number of likely N-dealkylation sites (N-methyl/N-ethyl adjacent to an activating group) is 1. The Labute approximate surface area is 159 Å². The number of nitrogens with zero attached hydrogens (tertiary/aromatic N) is 2. The standard InChI is InChI=1S/C20H25ClN2O3/c1-5-23(15-8-13(2)10-20(3,4)11-15)18(24)12-25-19-22-16-7-6-14(21)9-17(16)26-19/h6-7,9,11,13H,5,8,10,12H2,1-4H3. The zero-order valence-corrected chi connectivity index (χ0v) is 16.5. The molecular formula is C20H25ClN2O3. The van der Waals surface area contributed by atoms with E-state index in [0.717, 1.165) is 18.5 Å². The minimum absolute atomic E-state index is 0.0815. The molecule has 1 atom stereocenters. The lowest BCUT2D eigenvalue weighted by molar-refractivity contribution is -0.132. The molecule has 1 aliphatic rings. The van der Waals surface area contributed by atoms with Gasteiger partial charge in [0.05, 0.1) is 0 Å². The third kappa shape index (κ3) is 4.21. The Bertz CT molecular complexity index is 841. The van der Waals surface area contributed by atoms with E-state index in [9.17, 15) is 4.79 Å². The summed E-state index contributed by atoms with van der Waals surface area (Å²) in [6.07, 6.45) is 4.34. The van der Waals surface area contributed by atoms with Crippen LogP contribution in [0.2, 0.25) is 5.02 Å². The summed E-state index contributed by atoms with van der Waals surface area (Å²) in [6, 6.07) is 5.16. The molecule has 1 aromatic heterocycles. The van der Waals surface area contributed by atoms with E-state index in [1.54, 1.807) is 23.1 Å². The zero-order chi connectivity index (χ0) is 18.9. The van der Waals surface area contributed by atoms with Gasteiger partial charge in [-0.1, -0.05) is 38.4 Å². The summed E-state index contributed by atoms with van der Waals surface area (Å²) in [5, 5.41) is 0.564. The van der Waals surface area contributed by atoms with Gasteiger partial charge in [-0.2, -0.15) is 4.98 Å². The van der Waals surface area contributed by atoms with Crippen LogP contribution < -0.4 is 4.74 Å². The number of hydrogen-bond acceptors (Lipinski definition) is 4. The summed E-state index contributed by atoms with van der Waals surface area (Å²) in [7, 11) is 0. The number of hydrogen-bond donors (Lipinski definition) is 0. The first-order chi connectivity index (χ1) is 12.3. The number of allylic oxidation sites excluding steroid dienone is 2. The predicted octanol–water partition coefficient (Wildman–Crippen LogP) is 5.05. The molecule has 26 heavy (non-hydrogen) atoms. The maximum Gasteiger partial charge on any atom is 0.395 e. The van der Waals surface area contributed by atoms with E-state index in [0.29, 0.717) is 28.6 Å². The summed E-state index contributed by atoms with van der Waals surface area (Å²) < 4.78 is 11.0. The molecule has 0 radical (unpaired) electrons. The molecule has 0 saturated heterocycles. The number of rotatable bonds is 5. The topological polar surface area (TPSA) is 55.6 Å². The number of halogens is 1. The van der Waals surface area contributed by atoms with E-state index in [-0.39, 0.29) is 24.0 Å². The fraction of sp³-hybridized carbons (Fsp3) is 0.500. The molecule has 0 saturated carbocycles. The molecule has 1 heterocycles. The van der Waals surface area contributed by atoms with Gasteiger partial charge in [-0.05, 0) is 43.2 Å². The number of aromatic nitrogens is 1. The molecule has 0 aliphatic heterocycles. The highest BCUT2D eigenvalue weighted by molar-refractivity contribution is 6.31. The van der Waals surface area contributed by atoms with Gasteiger partial charge >= 0.3 is 6.08 Å². The molecule has 1 aromatic carbocycles. The molecule has 140 valence electrons. The van der Waals surface area contributed by atoms with Crippen molar-refractivity contribution in [2.24, 2.45) is 11.3 Å². The van der Waals surface area contributed by atoms with Gasteiger partial charge in [0.15, 0.2) is 12.2 Å². The van der Waals surface area contributed by atoms with Gasteiger partial charge in [-0.15, -0.1) is 0 Å². The molecule has 0 bridgehead atoms. The van der Waals surface area contributed by atoms with E-state index in [1.165, 1.54) is 0 Å². The van der Waals surface area contributed by atoms with Gasteiger partial charge < -0.3 is 14.1 Å².